The minimum atomic E-state index is -1.14. The van der Waals surface area contributed by atoms with Crippen molar-refractivity contribution in [2.45, 2.75) is 51.6 Å². The lowest BCUT2D eigenvalue weighted by molar-refractivity contribution is -0.142. The van der Waals surface area contributed by atoms with Crippen LogP contribution in [0.2, 0.25) is 0 Å². The Kier molecular flexibility index (Phi) is 4.28. The molecule has 96 valence electrons. The fraction of sp³-hybridized carbons (Fsp3) is 0.667. The van der Waals surface area contributed by atoms with Crippen molar-refractivity contribution in [3.63, 3.8) is 0 Å². The van der Waals surface area contributed by atoms with Gasteiger partial charge in [0.1, 0.15) is 11.4 Å². The SMILES string of the molecule is CC(C)c1nccn1CCCC(C)(N)C(=O)O. The van der Waals surface area contributed by atoms with Gasteiger partial charge in [-0.15, -0.1) is 0 Å². The van der Waals surface area contributed by atoms with Crippen LogP contribution in [-0.2, 0) is 11.3 Å². The van der Waals surface area contributed by atoms with Gasteiger partial charge in [-0.1, -0.05) is 13.8 Å². The molecule has 1 atom stereocenters. The van der Waals surface area contributed by atoms with Gasteiger partial charge >= 0.3 is 5.97 Å². The molecular formula is C12H21N3O2. The number of aromatic nitrogens is 2. The van der Waals surface area contributed by atoms with E-state index in [-0.39, 0.29) is 0 Å². The lowest BCUT2D eigenvalue weighted by Gasteiger charge is -2.19. The standard InChI is InChI=1S/C12H21N3O2/c1-9(2)10-14-6-8-15(10)7-4-5-12(3,13)11(16)17/h6,8-9H,4-5,7,13H2,1-3H3,(H,16,17). The molecule has 0 bridgehead atoms. The van der Waals surface area contributed by atoms with Crippen LogP contribution in [0.25, 0.3) is 0 Å². The number of imidazole rings is 1. The van der Waals surface area contributed by atoms with Crippen molar-refractivity contribution in [1.29, 1.82) is 0 Å². The fourth-order valence-corrected chi connectivity index (χ4v) is 1.73. The summed E-state index contributed by atoms with van der Waals surface area (Å²) in [5.74, 6) is 0.444. The molecule has 5 heteroatoms. The average molecular weight is 239 g/mol. The minimum Gasteiger partial charge on any atom is -0.480 e. The van der Waals surface area contributed by atoms with Gasteiger partial charge in [-0.05, 0) is 19.8 Å². The van der Waals surface area contributed by atoms with Crippen molar-refractivity contribution in [1.82, 2.24) is 9.55 Å². The molecule has 1 rings (SSSR count). The normalized spacial score (nSPS) is 14.9. The maximum absolute atomic E-state index is 10.8. The van der Waals surface area contributed by atoms with Crippen molar-refractivity contribution < 1.29 is 9.90 Å². The third kappa shape index (κ3) is 3.56. The lowest BCUT2D eigenvalue weighted by Crippen LogP contribution is -2.44. The molecule has 0 saturated heterocycles. The molecule has 0 amide bonds. The van der Waals surface area contributed by atoms with E-state index >= 15 is 0 Å². The summed E-state index contributed by atoms with van der Waals surface area (Å²) in [5, 5.41) is 8.90. The second-order valence-electron chi connectivity index (χ2n) is 4.96. The third-order valence-corrected chi connectivity index (χ3v) is 2.85. The van der Waals surface area contributed by atoms with E-state index in [0.717, 1.165) is 18.8 Å². The van der Waals surface area contributed by atoms with Crippen LogP contribution in [0, 0.1) is 0 Å². The van der Waals surface area contributed by atoms with Crippen LogP contribution in [-0.4, -0.2) is 26.2 Å². The van der Waals surface area contributed by atoms with Crippen LogP contribution < -0.4 is 5.73 Å². The summed E-state index contributed by atoms with van der Waals surface area (Å²) in [6, 6.07) is 0. The van der Waals surface area contributed by atoms with Gasteiger partial charge in [0.2, 0.25) is 0 Å². The monoisotopic (exact) mass is 239 g/mol. The zero-order chi connectivity index (χ0) is 13.1. The Labute approximate surface area is 102 Å². The molecule has 1 aromatic heterocycles. The van der Waals surface area contributed by atoms with E-state index in [2.05, 4.69) is 23.4 Å². The fourth-order valence-electron chi connectivity index (χ4n) is 1.73. The Morgan fingerprint density at radius 3 is 2.82 bits per heavy atom. The number of carbonyl (C=O) groups is 1. The zero-order valence-electron chi connectivity index (χ0n) is 10.7. The highest BCUT2D eigenvalue weighted by Gasteiger charge is 2.26. The second-order valence-corrected chi connectivity index (χ2v) is 4.96. The van der Waals surface area contributed by atoms with Crippen LogP contribution in [0.3, 0.4) is 0 Å². The predicted octanol–water partition coefficient (Wildman–Crippen LogP) is 1.59. The van der Waals surface area contributed by atoms with E-state index in [9.17, 15) is 4.79 Å². The maximum atomic E-state index is 10.8. The number of rotatable bonds is 6. The van der Waals surface area contributed by atoms with E-state index in [1.165, 1.54) is 0 Å². The van der Waals surface area contributed by atoms with E-state index in [1.54, 1.807) is 13.1 Å². The number of nitrogens with zero attached hydrogens (tertiary/aromatic N) is 2. The Balaban J connectivity index is 2.52. The van der Waals surface area contributed by atoms with Gasteiger partial charge in [0.05, 0.1) is 0 Å². The molecule has 0 radical (unpaired) electrons. The molecule has 1 heterocycles. The summed E-state index contributed by atoms with van der Waals surface area (Å²) in [6.45, 7) is 6.48. The highest BCUT2D eigenvalue weighted by atomic mass is 16.4. The molecule has 0 saturated carbocycles. The van der Waals surface area contributed by atoms with Crippen molar-refractivity contribution in [3.8, 4) is 0 Å². The van der Waals surface area contributed by atoms with E-state index < -0.39 is 11.5 Å². The molecule has 3 N–H and O–H groups in total. The quantitative estimate of drug-likeness (QED) is 0.789. The van der Waals surface area contributed by atoms with Crippen LogP contribution in [0.5, 0.6) is 0 Å². The number of aryl methyl sites for hydroxylation is 1. The van der Waals surface area contributed by atoms with Crippen LogP contribution >= 0.6 is 0 Å². The topological polar surface area (TPSA) is 81.1 Å². The number of carboxylic acid groups (broad SMARTS) is 1. The number of hydrogen-bond donors (Lipinski definition) is 2. The molecule has 0 spiro atoms. The van der Waals surface area contributed by atoms with Crippen LogP contribution in [0.4, 0.5) is 0 Å². The predicted molar refractivity (Wildman–Crippen MR) is 65.8 cm³/mol. The molecule has 1 unspecified atom stereocenters. The molecule has 0 aliphatic rings. The Bertz CT molecular complexity index is 383. The zero-order valence-corrected chi connectivity index (χ0v) is 10.7. The molecule has 0 aliphatic carbocycles. The summed E-state index contributed by atoms with van der Waals surface area (Å²) in [6.07, 6.45) is 4.88. The second kappa shape index (κ2) is 5.31. The number of carboxylic acids is 1. The maximum Gasteiger partial charge on any atom is 0.323 e. The van der Waals surface area contributed by atoms with Crippen molar-refractivity contribution in [2.24, 2.45) is 5.73 Å². The highest BCUT2D eigenvalue weighted by molar-refractivity contribution is 5.77. The van der Waals surface area contributed by atoms with Crippen molar-refractivity contribution in [2.75, 3.05) is 0 Å². The average Bonchev–Trinajstić information content (AvgIpc) is 2.65. The lowest BCUT2D eigenvalue weighted by atomic mass is 9.97. The number of nitrogens with two attached hydrogens (primary N) is 1. The van der Waals surface area contributed by atoms with Gasteiger partial charge in [-0.3, -0.25) is 4.79 Å². The van der Waals surface area contributed by atoms with Crippen molar-refractivity contribution >= 4 is 5.97 Å². The van der Waals surface area contributed by atoms with Gasteiger partial charge in [0.25, 0.3) is 0 Å². The van der Waals surface area contributed by atoms with Gasteiger partial charge in [0, 0.05) is 24.9 Å². The summed E-state index contributed by atoms with van der Waals surface area (Å²) in [5.41, 5.74) is 4.53. The summed E-state index contributed by atoms with van der Waals surface area (Å²) in [7, 11) is 0. The number of aliphatic carboxylic acids is 1. The van der Waals surface area contributed by atoms with Gasteiger partial charge in [-0.25, -0.2) is 4.98 Å². The van der Waals surface area contributed by atoms with Crippen LogP contribution in [0.15, 0.2) is 12.4 Å². The summed E-state index contributed by atoms with van der Waals surface area (Å²) < 4.78 is 2.06. The largest absolute Gasteiger partial charge is 0.480 e. The molecule has 17 heavy (non-hydrogen) atoms. The first kappa shape index (κ1) is 13.7. The van der Waals surface area contributed by atoms with Gasteiger partial charge in [0.15, 0.2) is 0 Å². The Hall–Kier alpha value is -1.36. The Morgan fingerprint density at radius 1 is 1.65 bits per heavy atom. The van der Waals surface area contributed by atoms with Gasteiger partial charge < -0.3 is 15.4 Å². The first-order valence-electron chi connectivity index (χ1n) is 5.88. The van der Waals surface area contributed by atoms with E-state index in [1.807, 2.05) is 6.20 Å². The first-order chi connectivity index (χ1) is 7.84. The highest BCUT2D eigenvalue weighted by Crippen LogP contribution is 2.15. The van der Waals surface area contributed by atoms with Gasteiger partial charge in [-0.2, -0.15) is 0 Å². The van der Waals surface area contributed by atoms with E-state index in [0.29, 0.717) is 12.3 Å². The Morgan fingerprint density at radius 2 is 2.29 bits per heavy atom. The molecule has 0 aromatic carbocycles. The molecular weight excluding hydrogens is 218 g/mol. The number of hydrogen-bond acceptors (Lipinski definition) is 3. The van der Waals surface area contributed by atoms with E-state index in [4.69, 9.17) is 10.8 Å². The smallest absolute Gasteiger partial charge is 0.323 e. The first-order valence-corrected chi connectivity index (χ1v) is 5.88. The minimum absolute atomic E-state index is 0.369. The van der Waals surface area contributed by atoms with Crippen LogP contribution in [0.1, 0.15) is 45.4 Å². The molecule has 5 nitrogen and oxygen atoms in total. The molecule has 0 aliphatic heterocycles. The van der Waals surface area contributed by atoms with Crippen molar-refractivity contribution in [3.05, 3.63) is 18.2 Å². The third-order valence-electron chi connectivity index (χ3n) is 2.85. The summed E-state index contributed by atoms with van der Waals surface area (Å²) >= 11 is 0. The molecule has 0 fully saturated rings. The summed E-state index contributed by atoms with van der Waals surface area (Å²) in [4.78, 5) is 15.1. The molecule has 1 aromatic rings.